The Balaban J connectivity index is 1.26. The third-order valence-electron chi connectivity index (χ3n) is 4.94. The summed E-state index contributed by atoms with van der Waals surface area (Å²) in [4.78, 5) is 18.4. The van der Waals surface area contributed by atoms with Gasteiger partial charge >= 0.3 is 6.03 Å². The summed E-state index contributed by atoms with van der Waals surface area (Å²) in [6.07, 6.45) is 3.91. The Labute approximate surface area is 156 Å². The summed E-state index contributed by atoms with van der Waals surface area (Å²) >= 11 is 0. The Kier molecular flexibility index (Phi) is 5.33. The lowest BCUT2D eigenvalue weighted by Crippen LogP contribution is -2.33. The number of amides is 2. The standard InChI is InChI=1S/C19H23FN4O3/c20-15-3-1-2-4-16(15)21-19(25)24-9-7-14(11-24)18-22-17(23-27-18)8-10-26-12-13-5-6-13/h1-4,13-14H,5-12H2,(H,21,25). The number of carbonyl (C=O) groups excluding carboxylic acids is 1. The molecule has 2 aromatic rings. The molecule has 2 heterocycles. The molecule has 1 saturated heterocycles. The van der Waals surface area contributed by atoms with Crippen molar-refractivity contribution >= 4 is 11.7 Å². The van der Waals surface area contributed by atoms with Crippen LogP contribution in [0.1, 0.15) is 36.9 Å². The van der Waals surface area contributed by atoms with Crippen molar-refractivity contribution in [2.45, 2.75) is 31.6 Å². The summed E-state index contributed by atoms with van der Waals surface area (Å²) in [5, 5.41) is 6.61. The van der Waals surface area contributed by atoms with Crippen LogP contribution >= 0.6 is 0 Å². The minimum absolute atomic E-state index is 0.00463. The van der Waals surface area contributed by atoms with Crippen LogP contribution in [0.3, 0.4) is 0 Å². The highest BCUT2D eigenvalue weighted by molar-refractivity contribution is 5.89. The Bertz CT molecular complexity index is 793. The van der Waals surface area contributed by atoms with E-state index < -0.39 is 5.82 Å². The van der Waals surface area contributed by atoms with Gasteiger partial charge in [-0.1, -0.05) is 17.3 Å². The first-order chi connectivity index (χ1) is 13.2. The number of urea groups is 1. The van der Waals surface area contributed by atoms with Crippen LogP contribution in [0.15, 0.2) is 28.8 Å². The van der Waals surface area contributed by atoms with Gasteiger partial charge in [0.25, 0.3) is 0 Å². The zero-order valence-corrected chi connectivity index (χ0v) is 15.1. The Morgan fingerprint density at radius 1 is 1.33 bits per heavy atom. The number of nitrogens with one attached hydrogen (secondary N) is 1. The number of para-hydroxylation sites is 1. The summed E-state index contributed by atoms with van der Waals surface area (Å²) < 4.78 is 24.6. The van der Waals surface area contributed by atoms with Crippen LogP contribution in [0.5, 0.6) is 0 Å². The van der Waals surface area contributed by atoms with Crippen LogP contribution in [0, 0.1) is 11.7 Å². The van der Waals surface area contributed by atoms with Crippen LogP contribution in [0.25, 0.3) is 0 Å². The number of benzene rings is 1. The van der Waals surface area contributed by atoms with E-state index in [1.54, 1.807) is 17.0 Å². The molecule has 7 nitrogen and oxygen atoms in total. The van der Waals surface area contributed by atoms with E-state index in [4.69, 9.17) is 9.26 Å². The number of likely N-dealkylation sites (tertiary alicyclic amines) is 1. The van der Waals surface area contributed by atoms with Gasteiger partial charge in [-0.2, -0.15) is 4.98 Å². The van der Waals surface area contributed by atoms with Gasteiger partial charge in [-0.3, -0.25) is 0 Å². The molecule has 144 valence electrons. The van der Waals surface area contributed by atoms with Gasteiger partial charge in [-0.05, 0) is 37.3 Å². The molecule has 1 aromatic carbocycles. The second kappa shape index (κ2) is 8.04. The van der Waals surface area contributed by atoms with Crippen molar-refractivity contribution < 1.29 is 18.4 Å². The number of carbonyl (C=O) groups is 1. The lowest BCUT2D eigenvalue weighted by molar-refractivity contribution is 0.125. The lowest BCUT2D eigenvalue weighted by atomic mass is 10.1. The summed E-state index contributed by atoms with van der Waals surface area (Å²) in [7, 11) is 0. The highest BCUT2D eigenvalue weighted by Crippen LogP contribution is 2.29. The minimum atomic E-state index is -0.452. The van der Waals surface area contributed by atoms with E-state index in [9.17, 15) is 9.18 Å². The molecule has 1 unspecified atom stereocenters. The average Bonchev–Trinajstić information content (AvgIpc) is 3.17. The first-order valence-corrected chi connectivity index (χ1v) is 9.39. The average molecular weight is 374 g/mol. The fraction of sp³-hybridized carbons (Fsp3) is 0.526. The minimum Gasteiger partial charge on any atom is -0.381 e. The maximum Gasteiger partial charge on any atom is 0.321 e. The third-order valence-corrected chi connectivity index (χ3v) is 4.94. The molecule has 1 aromatic heterocycles. The van der Waals surface area contributed by atoms with Crippen LogP contribution in [0.4, 0.5) is 14.9 Å². The van der Waals surface area contributed by atoms with E-state index in [1.165, 1.54) is 25.0 Å². The van der Waals surface area contributed by atoms with Crippen molar-refractivity contribution in [3.8, 4) is 0 Å². The van der Waals surface area contributed by atoms with Crippen molar-refractivity contribution in [1.82, 2.24) is 15.0 Å². The van der Waals surface area contributed by atoms with E-state index in [0.717, 1.165) is 18.9 Å². The Hall–Kier alpha value is -2.48. The second-order valence-corrected chi connectivity index (χ2v) is 7.16. The number of hydrogen-bond donors (Lipinski definition) is 1. The summed E-state index contributed by atoms with van der Waals surface area (Å²) in [6.45, 7) is 2.45. The maximum atomic E-state index is 13.7. The number of anilines is 1. The van der Waals surface area contributed by atoms with Crippen molar-refractivity contribution in [2.24, 2.45) is 5.92 Å². The fourth-order valence-corrected chi connectivity index (χ4v) is 3.14. The summed E-state index contributed by atoms with van der Waals surface area (Å²) in [5.74, 6) is 1.48. The molecule has 2 fully saturated rings. The number of ether oxygens (including phenoxy) is 1. The summed E-state index contributed by atoms with van der Waals surface area (Å²) in [5.41, 5.74) is 0.178. The van der Waals surface area contributed by atoms with Gasteiger partial charge in [0.1, 0.15) is 5.82 Å². The van der Waals surface area contributed by atoms with Crippen molar-refractivity contribution in [2.75, 3.05) is 31.6 Å². The van der Waals surface area contributed by atoms with Gasteiger partial charge in [0.2, 0.25) is 5.89 Å². The molecule has 2 aliphatic rings. The van der Waals surface area contributed by atoms with Gasteiger partial charge in [0, 0.05) is 26.1 Å². The number of rotatable bonds is 7. The van der Waals surface area contributed by atoms with Gasteiger partial charge < -0.3 is 19.5 Å². The molecular weight excluding hydrogens is 351 g/mol. The zero-order valence-electron chi connectivity index (χ0n) is 15.1. The number of hydrogen-bond acceptors (Lipinski definition) is 5. The van der Waals surface area contributed by atoms with E-state index in [2.05, 4.69) is 15.5 Å². The molecule has 1 aliphatic carbocycles. The summed E-state index contributed by atoms with van der Waals surface area (Å²) in [6, 6.07) is 5.80. The number of nitrogens with zero attached hydrogens (tertiary/aromatic N) is 3. The molecule has 1 N–H and O–H groups in total. The largest absolute Gasteiger partial charge is 0.381 e. The Morgan fingerprint density at radius 3 is 3.00 bits per heavy atom. The van der Waals surface area contributed by atoms with Crippen molar-refractivity contribution in [3.63, 3.8) is 0 Å². The molecule has 27 heavy (non-hydrogen) atoms. The SMILES string of the molecule is O=C(Nc1ccccc1F)N1CCC(c2nc(CCOCC3CC3)no2)C1. The van der Waals surface area contributed by atoms with Gasteiger partial charge in [0.05, 0.1) is 18.2 Å². The number of aromatic nitrogens is 2. The smallest absolute Gasteiger partial charge is 0.321 e. The molecule has 0 radical (unpaired) electrons. The molecule has 8 heteroatoms. The molecule has 1 aliphatic heterocycles. The molecule has 0 bridgehead atoms. The highest BCUT2D eigenvalue weighted by atomic mass is 19.1. The van der Waals surface area contributed by atoms with Gasteiger partial charge in [-0.15, -0.1) is 0 Å². The molecular formula is C19H23FN4O3. The zero-order chi connectivity index (χ0) is 18.6. The van der Waals surface area contributed by atoms with Gasteiger partial charge in [-0.25, -0.2) is 9.18 Å². The van der Waals surface area contributed by atoms with E-state index in [1.807, 2.05) is 0 Å². The van der Waals surface area contributed by atoms with Gasteiger partial charge in [0.15, 0.2) is 5.82 Å². The van der Waals surface area contributed by atoms with Crippen LogP contribution in [-0.4, -0.2) is 47.4 Å². The van der Waals surface area contributed by atoms with Crippen LogP contribution < -0.4 is 5.32 Å². The number of halogens is 1. The normalized spacial score (nSPS) is 19.4. The molecule has 1 saturated carbocycles. The second-order valence-electron chi connectivity index (χ2n) is 7.16. The first kappa shape index (κ1) is 17.9. The molecule has 1 atom stereocenters. The van der Waals surface area contributed by atoms with E-state index >= 15 is 0 Å². The molecule has 2 amide bonds. The molecule has 0 spiro atoms. The predicted octanol–water partition coefficient (Wildman–Crippen LogP) is 3.20. The lowest BCUT2D eigenvalue weighted by Gasteiger charge is -2.17. The molecule has 4 rings (SSSR count). The topological polar surface area (TPSA) is 80.5 Å². The van der Waals surface area contributed by atoms with E-state index in [0.29, 0.717) is 37.8 Å². The van der Waals surface area contributed by atoms with Crippen LogP contribution in [0.2, 0.25) is 0 Å². The fourth-order valence-electron chi connectivity index (χ4n) is 3.14. The quantitative estimate of drug-likeness (QED) is 0.753. The van der Waals surface area contributed by atoms with Crippen molar-refractivity contribution in [1.29, 1.82) is 0 Å². The Morgan fingerprint density at radius 2 is 2.19 bits per heavy atom. The highest BCUT2D eigenvalue weighted by Gasteiger charge is 2.31. The predicted molar refractivity (Wildman–Crippen MR) is 95.9 cm³/mol. The van der Waals surface area contributed by atoms with E-state index in [-0.39, 0.29) is 17.6 Å². The van der Waals surface area contributed by atoms with Crippen LogP contribution in [-0.2, 0) is 11.2 Å². The first-order valence-electron chi connectivity index (χ1n) is 9.39. The third kappa shape index (κ3) is 4.63. The monoisotopic (exact) mass is 374 g/mol. The maximum absolute atomic E-state index is 13.7. The van der Waals surface area contributed by atoms with Crippen molar-refractivity contribution in [3.05, 3.63) is 41.8 Å².